The number of carbonyl (C=O) groups is 1. The number of Topliss-reactive ketones (excluding diaryl/α,β-unsaturated/α-hetero) is 1. The van der Waals surface area contributed by atoms with Crippen molar-refractivity contribution in [2.75, 3.05) is 26.2 Å². The van der Waals surface area contributed by atoms with E-state index in [9.17, 15) is 10.1 Å². The van der Waals surface area contributed by atoms with Crippen molar-refractivity contribution >= 4 is 17.1 Å². The van der Waals surface area contributed by atoms with Crippen LogP contribution in [0.5, 0.6) is 5.88 Å². The molecule has 1 aliphatic carbocycles. The molecule has 0 bridgehead atoms. The highest BCUT2D eigenvalue weighted by atomic mass is 32.1. The molecule has 0 aromatic carbocycles. The Morgan fingerprint density at radius 2 is 1.94 bits per heavy atom. The van der Waals surface area contributed by atoms with E-state index in [-0.39, 0.29) is 0 Å². The first-order chi connectivity index (χ1) is 17.3. The topological polar surface area (TPSA) is 79.1 Å². The van der Waals surface area contributed by atoms with Crippen molar-refractivity contribution in [2.45, 2.75) is 78.6 Å². The van der Waals surface area contributed by atoms with E-state index in [2.05, 4.69) is 22.0 Å². The van der Waals surface area contributed by atoms with Crippen LogP contribution in [-0.2, 0) is 24.1 Å². The third-order valence-electron chi connectivity index (χ3n) is 7.67. The van der Waals surface area contributed by atoms with Gasteiger partial charge >= 0.3 is 0 Å². The van der Waals surface area contributed by atoms with Crippen molar-refractivity contribution in [1.82, 2.24) is 14.9 Å². The van der Waals surface area contributed by atoms with Crippen molar-refractivity contribution in [1.29, 1.82) is 5.26 Å². The molecule has 0 radical (unpaired) electrons. The third kappa shape index (κ3) is 7.85. The summed E-state index contributed by atoms with van der Waals surface area (Å²) in [4.78, 5) is 25.2. The molecule has 0 spiro atoms. The van der Waals surface area contributed by atoms with Gasteiger partial charge in [0, 0.05) is 55.2 Å². The van der Waals surface area contributed by atoms with E-state index in [0.717, 1.165) is 60.4 Å². The number of rotatable bonds is 10. The van der Waals surface area contributed by atoms with Gasteiger partial charge in [0.2, 0.25) is 5.88 Å². The lowest BCUT2D eigenvalue weighted by molar-refractivity contribution is -0.119. The van der Waals surface area contributed by atoms with Gasteiger partial charge in [0.1, 0.15) is 12.4 Å². The molecule has 4 rings (SSSR count). The predicted molar refractivity (Wildman–Crippen MR) is 143 cm³/mol. The second-order valence-electron chi connectivity index (χ2n) is 11.3. The molecule has 36 heavy (non-hydrogen) atoms. The molecule has 1 aliphatic heterocycles. The van der Waals surface area contributed by atoms with Crippen LogP contribution in [0.1, 0.15) is 73.5 Å². The summed E-state index contributed by atoms with van der Waals surface area (Å²) in [7, 11) is 0. The molecule has 1 fully saturated rings. The van der Waals surface area contributed by atoms with Crippen LogP contribution in [0.15, 0.2) is 18.3 Å². The van der Waals surface area contributed by atoms with Crippen LogP contribution in [0.4, 0.5) is 0 Å². The van der Waals surface area contributed by atoms with E-state index in [0.29, 0.717) is 30.6 Å². The van der Waals surface area contributed by atoms with Crippen molar-refractivity contribution in [3.63, 3.8) is 0 Å². The fourth-order valence-corrected chi connectivity index (χ4v) is 6.19. The molecule has 194 valence electrons. The van der Waals surface area contributed by atoms with Crippen LogP contribution in [-0.4, -0.2) is 46.9 Å². The Morgan fingerprint density at radius 1 is 1.19 bits per heavy atom. The molecule has 2 aromatic heterocycles. The Labute approximate surface area is 220 Å². The molecular formula is C29H40N4O2S. The van der Waals surface area contributed by atoms with Gasteiger partial charge in [-0.05, 0) is 70.4 Å². The van der Waals surface area contributed by atoms with Gasteiger partial charge in [-0.3, -0.25) is 4.79 Å². The van der Waals surface area contributed by atoms with Gasteiger partial charge in [0.25, 0.3) is 0 Å². The minimum atomic E-state index is -0.513. The molecule has 0 N–H and O–H groups in total. The van der Waals surface area contributed by atoms with E-state index in [1.807, 2.05) is 33.0 Å². The van der Waals surface area contributed by atoms with Gasteiger partial charge in [-0.2, -0.15) is 5.26 Å². The second-order valence-corrected chi connectivity index (χ2v) is 12.6. The molecule has 7 heteroatoms. The number of nitriles is 1. The highest BCUT2D eigenvalue weighted by Gasteiger charge is 2.25. The SMILES string of the molecule is Cc1ncc(CC(=O)CC2CCC(CCN3CCc4ccc(OCC(C)(C)C#N)nc4CC3)CC2)s1. The van der Waals surface area contributed by atoms with Gasteiger partial charge in [-0.1, -0.05) is 18.9 Å². The number of nitrogens with zero attached hydrogens (tertiary/aromatic N) is 4. The number of pyridine rings is 1. The molecule has 3 heterocycles. The molecule has 0 amide bonds. The van der Waals surface area contributed by atoms with E-state index in [1.54, 1.807) is 11.3 Å². The fourth-order valence-electron chi connectivity index (χ4n) is 5.36. The molecular weight excluding hydrogens is 468 g/mol. The van der Waals surface area contributed by atoms with Gasteiger partial charge < -0.3 is 9.64 Å². The number of hydrogen-bond acceptors (Lipinski definition) is 7. The first kappa shape index (κ1) is 26.8. The van der Waals surface area contributed by atoms with Crippen LogP contribution >= 0.6 is 11.3 Å². The average molecular weight is 509 g/mol. The van der Waals surface area contributed by atoms with Crippen LogP contribution < -0.4 is 4.74 Å². The summed E-state index contributed by atoms with van der Waals surface area (Å²) in [5, 5.41) is 10.2. The maximum atomic E-state index is 12.5. The Kier molecular flexibility index (Phi) is 9.14. The summed E-state index contributed by atoms with van der Waals surface area (Å²) in [6.07, 6.45) is 11.3. The molecule has 0 atom stereocenters. The van der Waals surface area contributed by atoms with E-state index < -0.39 is 5.41 Å². The number of carbonyl (C=O) groups excluding carboxylic acids is 1. The maximum absolute atomic E-state index is 12.5. The molecule has 0 unspecified atom stereocenters. The minimum Gasteiger partial charge on any atom is -0.476 e. The van der Waals surface area contributed by atoms with E-state index in [4.69, 9.17) is 9.72 Å². The lowest BCUT2D eigenvalue weighted by atomic mass is 9.78. The minimum absolute atomic E-state index is 0.351. The highest BCUT2D eigenvalue weighted by Crippen LogP contribution is 2.33. The highest BCUT2D eigenvalue weighted by molar-refractivity contribution is 7.11. The number of thiazole rings is 1. The zero-order valence-electron chi connectivity index (χ0n) is 22.1. The number of aryl methyl sites for hydroxylation is 1. The number of aromatic nitrogens is 2. The Morgan fingerprint density at radius 3 is 2.67 bits per heavy atom. The summed E-state index contributed by atoms with van der Waals surface area (Å²) in [5.41, 5.74) is 1.95. The Balaban J connectivity index is 1.16. The summed E-state index contributed by atoms with van der Waals surface area (Å²) >= 11 is 1.64. The van der Waals surface area contributed by atoms with Gasteiger partial charge in [0.05, 0.1) is 16.5 Å². The third-order valence-corrected chi connectivity index (χ3v) is 8.58. The smallest absolute Gasteiger partial charge is 0.213 e. The lowest BCUT2D eigenvalue weighted by Crippen LogP contribution is -2.29. The summed E-state index contributed by atoms with van der Waals surface area (Å²) in [6, 6.07) is 6.37. The average Bonchev–Trinajstić information content (AvgIpc) is 3.16. The number of ether oxygens (including phenoxy) is 1. The van der Waals surface area contributed by atoms with Crippen molar-refractivity contribution < 1.29 is 9.53 Å². The first-order valence-corrected chi connectivity index (χ1v) is 14.3. The molecule has 2 aromatic rings. The Hall–Kier alpha value is -2.30. The van der Waals surface area contributed by atoms with E-state index in [1.165, 1.54) is 37.7 Å². The van der Waals surface area contributed by atoms with Crippen LogP contribution in [0.2, 0.25) is 0 Å². The monoisotopic (exact) mass is 508 g/mol. The van der Waals surface area contributed by atoms with Gasteiger partial charge in [0.15, 0.2) is 0 Å². The van der Waals surface area contributed by atoms with Crippen LogP contribution in [0.25, 0.3) is 0 Å². The molecule has 2 aliphatic rings. The van der Waals surface area contributed by atoms with Crippen molar-refractivity contribution in [3.05, 3.63) is 39.5 Å². The molecule has 1 saturated carbocycles. The Bertz CT molecular complexity index is 1070. The summed E-state index contributed by atoms with van der Waals surface area (Å²) < 4.78 is 5.81. The van der Waals surface area contributed by atoms with Gasteiger partial charge in [-0.15, -0.1) is 11.3 Å². The zero-order valence-corrected chi connectivity index (χ0v) is 22.9. The fraction of sp³-hybridized carbons (Fsp3) is 0.655. The summed E-state index contributed by atoms with van der Waals surface area (Å²) in [6.45, 7) is 9.37. The van der Waals surface area contributed by atoms with Crippen LogP contribution in [0, 0.1) is 35.5 Å². The maximum Gasteiger partial charge on any atom is 0.213 e. The predicted octanol–water partition coefficient (Wildman–Crippen LogP) is 5.57. The standard InChI is InChI=1S/C29H40N4O2S/c1-21-31-18-26(36-21)17-25(34)16-23-6-4-22(5-7-23)10-13-33-14-11-24-8-9-28(32-27(24)12-15-33)35-20-29(2,3)19-30/h8-9,18,22-23H,4-7,10-17,20H2,1-3H3. The van der Waals surface area contributed by atoms with Crippen molar-refractivity contribution in [2.24, 2.45) is 17.3 Å². The second kappa shape index (κ2) is 12.3. The largest absolute Gasteiger partial charge is 0.476 e. The quantitative estimate of drug-likeness (QED) is 0.417. The van der Waals surface area contributed by atoms with E-state index >= 15 is 0 Å². The van der Waals surface area contributed by atoms with Crippen molar-refractivity contribution in [3.8, 4) is 11.9 Å². The zero-order chi connectivity index (χ0) is 25.5. The lowest BCUT2D eigenvalue weighted by Gasteiger charge is -2.30. The van der Waals surface area contributed by atoms with Crippen LogP contribution in [0.3, 0.4) is 0 Å². The normalized spacial score (nSPS) is 20.8. The molecule has 0 saturated heterocycles. The summed E-state index contributed by atoms with van der Waals surface area (Å²) in [5.74, 6) is 2.36. The number of hydrogen-bond donors (Lipinski definition) is 0. The number of fused-ring (bicyclic) bond motifs is 1. The van der Waals surface area contributed by atoms with Gasteiger partial charge in [-0.25, -0.2) is 9.97 Å². The first-order valence-electron chi connectivity index (χ1n) is 13.5. The number of ketones is 1. The molecule has 6 nitrogen and oxygen atoms in total.